The van der Waals surface area contributed by atoms with E-state index in [1.165, 1.54) is 0 Å². The molecule has 1 aromatic carbocycles. The van der Waals surface area contributed by atoms with Gasteiger partial charge in [0, 0.05) is 10.6 Å². The van der Waals surface area contributed by atoms with Crippen LogP contribution in [-0.4, -0.2) is 5.11 Å². The second-order valence-electron chi connectivity index (χ2n) is 4.00. The summed E-state index contributed by atoms with van der Waals surface area (Å²) in [4.78, 5) is 0. The predicted octanol–water partition coefficient (Wildman–Crippen LogP) is 3.08. The Morgan fingerprint density at radius 1 is 1.36 bits per heavy atom. The summed E-state index contributed by atoms with van der Waals surface area (Å²) in [5.74, 6) is -0.298. The van der Waals surface area contributed by atoms with E-state index in [2.05, 4.69) is 0 Å². The van der Waals surface area contributed by atoms with E-state index in [1.807, 2.05) is 0 Å². The standard InChI is InChI=1S/C11H12ClFO/c1-6-8(11(14)3-4-11)5-9(12)7(2)10(6)13/h5,14H,3-4H2,1-2H3. The van der Waals surface area contributed by atoms with Crippen molar-refractivity contribution in [2.45, 2.75) is 32.3 Å². The fourth-order valence-corrected chi connectivity index (χ4v) is 1.91. The minimum atomic E-state index is -0.817. The molecule has 0 heterocycles. The fourth-order valence-electron chi connectivity index (χ4n) is 1.72. The second kappa shape index (κ2) is 2.94. The summed E-state index contributed by atoms with van der Waals surface area (Å²) in [6.45, 7) is 3.33. The highest BCUT2D eigenvalue weighted by Crippen LogP contribution is 2.47. The maximum absolute atomic E-state index is 13.6. The number of hydrogen-bond acceptors (Lipinski definition) is 1. The highest BCUT2D eigenvalue weighted by atomic mass is 35.5. The smallest absolute Gasteiger partial charge is 0.130 e. The van der Waals surface area contributed by atoms with Gasteiger partial charge in [-0.3, -0.25) is 0 Å². The van der Waals surface area contributed by atoms with Crippen LogP contribution in [-0.2, 0) is 5.60 Å². The number of hydrogen-bond donors (Lipinski definition) is 1. The third kappa shape index (κ3) is 1.33. The van der Waals surface area contributed by atoms with E-state index in [1.54, 1.807) is 19.9 Å². The van der Waals surface area contributed by atoms with Crippen LogP contribution in [0.25, 0.3) is 0 Å². The maximum atomic E-state index is 13.6. The minimum absolute atomic E-state index is 0.298. The Morgan fingerprint density at radius 2 is 1.93 bits per heavy atom. The Bertz CT molecular complexity index is 397. The van der Waals surface area contributed by atoms with Gasteiger partial charge in [-0.05, 0) is 43.9 Å². The number of benzene rings is 1. The van der Waals surface area contributed by atoms with Crippen LogP contribution in [0.3, 0.4) is 0 Å². The largest absolute Gasteiger partial charge is 0.385 e. The first-order valence-corrected chi connectivity index (χ1v) is 5.01. The van der Waals surface area contributed by atoms with Crippen LogP contribution in [0, 0.1) is 19.7 Å². The predicted molar refractivity (Wildman–Crippen MR) is 54.0 cm³/mol. The van der Waals surface area contributed by atoms with Crippen molar-refractivity contribution in [3.05, 3.63) is 33.6 Å². The first-order valence-electron chi connectivity index (χ1n) is 4.64. The average molecular weight is 215 g/mol. The SMILES string of the molecule is Cc1c(Cl)cc(C2(O)CC2)c(C)c1F. The lowest BCUT2D eigenvalue weighted by Gasteiger charge is -2.14. The highest BCUT2D eigenvalue weighted by Gasteiger charge is 2.44. The Hall–Kier alpha value is -0.600. The lowest BCUT2D eigenvalue weighted by molar-refractivity contribution is 0.150. The van der Waals surface area contributed by atoms with E-state index in [0.29, 0.717) is 34.6 Å². The molecule has 0 aliphatic heterocycles. The van der Waals surface area contributed by atoms with Gasteiger partial charge in [0.15, 0.2) is 0 Å². The van der Waals surface area contributed by atoms with Crippen molar-refractivity contribution < 1.29 is 9.50 Å². The van der Waals surface area contributed by atoms with E-state index in [-0.39, 0.29) is 5.82 Å². The molecular weight excluding hydrogens is 203 g/mol. The molecule has 1 saturated carbocycles. The van der Waals surface area contributed by atoms with Gasteiger partial charge < -0.3 is 5.11 Å². The van der Waals surface area contributed by atoms with Gasteiger partial charge in [-0.1, -0.05) is 11.6 Å². The molecule has 0 saturated heterocycles. The molecule has 0 amide bonds. The zero-order valence-electron chi connectivity index (χ0n) is 8.19. The van der Waals surface area contributed by atoms with Crippen LogP contribution in [0.15, 0.2) is 6.07 Å². The second-order valence-corrected chi connectivity index (χ2v) is 4.41. The molecule has 76 valence electrons. The fraction of sp³-hybridized carbons (Fsp3) is 0.455. The molecule has 1 nitrogen and oxygen atoms in total. The van der Waals surface area contributed by atoms with Crippen molar-refractivity contribution in [2.75, 3.05) is 0 Å². The average Bonchev–Trinajstić information content (AvgIpc) is 2.87. The third-order valence-electron chi connectivity index (χ3n) is 2.92. The van der Waals surface area contributed by atoms with Crippen LogP contribution in [0.1, 0.15) is 29.5 Å². The first-order chi connectivity index (χ1) is 6.46. The van der Waals surface area contributed by atoms with Crippen molar-refractivity contribution >= 4 is 11.6 Å². The summed E-state index contributed by atoms with van der Waals surface area (Å²) in [6.07, 6.45) is 1.40. The summed E-state index contributed by atoms with van der Waals surface area (Å²) in [6, 6.07) is 1.68. The highest BCUT2D eigenvalue weighted by molar-refractivity contribution is 6.31. The van der Waals surface area contributed by atoms with Gasteiger partial charge in [-0.2, -0.15) is 0 Å². The maximum Gasteiger partial charge on any atom is 0.130 e. The van der Waals surface area contributed by atoms with Crippen LogP contribution in [0.2, 0.25) is 5.02 Å². The summed E-state index contributed by atoms with van der Waals surface area (Å²) < 4.78 is 13.6. The van der Waals surface area contributed by atoms with E-state index in [4.69, 9.17) is 11.6 Å². The number of rotatable bonds is 1. The van der Waals surface area contributed by atoms with Gasteiger partial charge in [0.05, 0.1) is 5.60 Å². The van der Waals surface area contributed by atoms with Crippen molar-refractivity contribution in [1.82, 2.24) is 0 Å². The van der Waals surface area contributed by atoms with Gasteiger partial charge in [0.2, 0.25) is 0 Å². The quantitative estimate of drug-likeness (QED) is 0.762. The monoisotopic (exact) mass is 214 g/mol. The molecule has 0 radical (unpaired) electrons. The molecule has 0 unspecified atom stereocenters. The number of halogens is 2. The van der Waals surface area contributed by atoms with Crippen LogP contribution in [0.5, 0.6) is 0 Å². The van der Waals surface area contributed by atoms with E-state index >= 15 is 0 Å². The molecule has 1 aromatic rings. The molecule has 1 N–H and O–H groups in total. The van der Waals surface area contributed by atoms with Crippen LogP contribution in [0.4, 0.5) is 4.39 Å². The molecule has 0 aromatic heterocycles. The van der Waals surface area contributed by atoms with Crippen molar-refractivity contribution in [3.8, 4) is 0 Å². The Balaban J connectivity index is 2.62. The van der Waals surface area contributed by atoms with E-state index < -0.39 is 5.60 Å². The molecule has 0 bridgehead atoms. The molecule has 14 heavy (non-hydrogen) atoms. The molecule has 3 heteroatoms. The normalized spacial score (nSPS) is 18.4. The van der Waals surface area contributed by atoms with Gasteiger partial charge >= 0.3 is 0 Å². The van der Waals surface area contributed by atoms with Crippen LogP contribution < -0.4 is 0 Å². The molecular formula is C11H12ClFO. The molecule has 1 aliphatic rings. The van der Waals surface area contributed by atoms with Gasteiger partial charge in [0.25, 0.3) is 0 Å². The topological polar surface area (TPSA) is 20.2 Å². The van der Waals surface area contributed by atoms with Gasteiger partial charge in [-0.15, -0.1) is 0 Å². The Morgan fingerprint density at radius 3 is 2.43 bits per heavy atom. The lowest BCUT2D eigenvalue weighted by Crippen LogP contribution is -2.09. The van der Waals surface area contributed by atoms with Crippen molar-refractivity contribution in [1.29, 1.82) is 0 Å². The van der Waals surface area contributed by atoms with Crippen LogP contribution >= 0.6 is 11.6 Å². The molecule has 0 atom stereocenters. The summed E-state index contributed by atoms with van der Waals surface area (Å²) in [7, 11) is 0. The Kier molecular flexibility index (Phi) is 2.09. The first kappa shape index (κ1) is 9.94. The van der Waals surface area contributed by atoms with Crippen molar-refractivity contribution in [2.24, 2.45) is 0 Å². The van der Waals surface area contributed by atoms with E-state index in [0.717, 1.165) is 0 Å². The van der Waals surface area contributed by atoms with Crippen molar-refractivity contribution in [3.63, 3.8) is 0 Å². The van der Waals surface area contributed by atoms with Gasteiger partial charge in [0.1, 0.15) is 5.82 Å². The molecule has 2 rings (SSSR count). The summed E-state index contributed by atoms with van der Waals surface area (Å²) >= 11 is 5.87. The molecule has 0 spiro atoms. The van der Waals surface area contributed by atoms with E-state index in [9.17, 15) is 9.50 Å². The summed E-state index contributed by atoms with van der Waals surface area (Å²) in [5, 5.41) is 10.3. The number of aliphatic hydroxyl groups is 1. The van der Waals surface area contributed by atoms with Gasteiger partial charge in [-0.25, -0.2) is 4.39 Å². The minimum Gasteiger partial charge on any atom is -0.385 e. The third-order valence-corrected chi connectivity index (χ3v) is 3.31. The molecule has 1 fully saturated rings. The molecule has 1 aliphatic carbocycles. The summed E-state index contributed by atoms with van der Waals surface area (Å²) in [5.41, 5.74) is 0.803. The zero-order valence-corrected chi connectivity index (χ0v) is 8.95. The zero-order chi connectivity index (χ0) is 10.5. The lowest BCUT2D eigenvalue weighted by atomic mass is 9.99. The Labute approximate surface area is 87.5 Å².